The summed E-state index contributed by atoms with van der Waals surface area (Å²) in [4.78, 5) is 29.5. The summed E-state index contributed by atoms with van der Waals surface area (Å²) in [6.45, 7) is 0.612. The second-order valence-corrected chi connectivity index (χ2v) is 6.82. The van der Waals surface area contributed by atoms with Crippen molar-refractivity contribution in [2.24, 2.45) is 5.92 Å². The number of carboxylic acids is 1. The highest BCUT2D eigenvalue weighted by Crippen LogP contribution is 2.34. The monoisotopic (exact) mass is 380 g/mol. The molecule has 1 aromatic heterocycles. The van der Waals surface area contributed by atoms with Crippen molar-refractivity contribution in [1.29, 1.82) is 0 Å². The fourth-order valence-corrected chi connectivity index (χ4v) is 3.54. The zero-order chi connectivity index (χ0) is 15.7. The quantitative estimate of drug-likeness (QED) is 0.888. The largest absolute Gasteiger partial charge is 0.481 e. The van der Waals surface area contributed by atoms with Crippen molar-refractivity contribution >= 4 is 39.1 Å². The Labute approximate surface area is 139 Å². The summed E-state index contributed by atoms with van der Waals surface area (Å²) in [5.41, 5.74) is 2.92. The van der Waals surface area contributed by atoms with Crippen LogP contribution in [0.3, 0.4) is 0 Å². The number of carboxylic acid groups (broad SMARTS) is 1. The van der Waals surface area contributed by atoms with Crippen molar-refractivity contribution in [3.63, 3.8) is 0 Å². The molecule has 0 radical (unpaired) electrons. The Kier molecular flexibility index (Phi) is 4.26. The Bertz CT molecular complexity index is 687. The van der Waals surface area contributed by atoms with Gasteiger partial charge in [-0.3, -0.25) is 9.59 Å². The molecule has 1 aromatic carbocycles. The standard InChI is InChI=1S/C15H13BrN2O3S/c16-10-3-1-9(2-4-10)11-5-18(6-12(11)15(20)21)14(19)13-7-22-8-17-13/h1-4,7-8,11-12H,5-6H2,(H,20,21)/t11-,12+/m0/s1. The molecule has 2 aromatic rings. The molecule has 0 bridgehead atoms. The molecule has 1 N–H and O–H groups in total. The Morgan fingerprint density at radius 1 is 1.27 bits per heavy atom. The molecule has 1 amide bonds. The number of aromatic nitrogens is 1. The van der Waals surface area contributed by atoms with Crippen LogP contribution >= 0.6 is 27.3 Å². The van der Waals surface area contributed by atoms with Gasteiger partial charge in [-0.1, -0.05) is 28.1 Å². The molecule has 7 heteroatoms. The average molecular weight is 381 g/mol. The minimum absolute atomic E-state index is 0.201. The number of hydrogen-bond donors (Lipinski definition) is 1. The van der Waals surface area contributed by atoms with Crippen LogP contribution in [0.5, 0.6) is 0 Å². The van der Waals surface area contributed by atoms with Crippen LogP contribution in [0.25, 0.3) is 0 Å². The number of thiazole rings is 1. The van der Waals surface area contributed by atoms with Crippen molar-refractivity contribution in [3.8, 4) is 0 Å². The maximum atomic E-state index is 12.4. The van der Waals surface area contributed by atoms with Crippen molar-refractivity contribution in [3.05, 3.63) is 50.9 Å². The topological polar surface area (TPSA) is 70.5 Å². The lowest BCUT2D eigenvalue weighted by molar-refractivity contribution is -0.141. The number of halogens is 1. The predicted octanol–water partition coefficient (Wildman–Crippen LogP) is 2.85. The smallest absolute Gasteiger partial charge is 0.308 e. The SMILES string of the molecule is O=C(O)[C@@H]1CN(C(=O)c2cscn2)C[C@H]1c1ccc(Br)cc1. The Morgan fingerprint density at radius 3 is 2.59 bits per heavy atom. The summed E-state index contributed by atoms with van der Waals surface area (Å²) < 4.78 is 0.941. The van der Waals surface area contributed by atoms with E-state index in [1.807, 2.05) is 24.3 Å². The number of carbonyl (C=O) groups excluding carboxylic acids is 1. The highest BCUT2D eigenvalue weighted by atomic mass is 79.9. The third kappa shape index (κ3) is 2.91. The summed E-state index contributed by atoms with van der Waals surface area (Å²) in [5.74, 6) is -1.87. The zero-order valence-corrected chi connectivity index (χ0v) is 13.9. The lowest BCUT2D eigenvalue weighted by Gasteiger charge is -2.15. The van der Waals surface area contributed by atoms with Crippen LogP contribution < -0.4 is 0 Å². The van der Waals surface area contributed by atoms with Crippen molar-refractivity contribution < 1.29 is 14.7 Å². The fraction of sp³-hybridized carbons (Fsp3) is 0.267. The number of rotatable bonds is 3. The first-order chi connectivity index (χ1) is 10.6. The Hall–Kier alpha value is -1.73. The summed E-state index contributed by atoms with van der Waals surface area (Å²) >= 11 is 4.72. The van der Waals surface area contributed by atoms with Gasteiger partial charge in [-0.25, -0.2) is 4.98 Å². The minimum Gasteiger partial charge on any atom is -0.481 e. The van der Waals surface area contributed by atoms with Crippen LogP contribution in [0.2, 0.25) is 0 Å². The lowest BCUT2D eigenvalue weighted by atomic mass is 9.89. The summed E-state index contributed by atoms with van der Waals surface area (Å²) in [6.07, 6.45) is 0. The molecule has 1 aliphatic rings. The van der Waals surface area contributed by atoms with E-state index < -0.39 is 11.9 Å². The van der Waals surface area contributed by atoms with Gasteiger partial charge >= 0.3 is 5.97 Å². The second-order valence-electron chi connectivity index (χ2n) is 5.19. The number of aliphatic carboxylic acids is 1. The molecule has 1 fully saturated rings. The molecule has 0 spiro atoms. The van der Waals surface area contributed by atoms with E-state index in [-0.39, 0.29) is 18.4 Å². The fourth-order valence-electron chi connectivity index (χ4n) is 2.75. The molecule has 0 unspecified atom stereocenters. The first kappa shape index (κ1) is 15.2. The van der Waals surface area contributed by atoms with Crippen LogP contribution in [-0.4, -0.2) is 40.0 Å². The normalized spacial score (nSPS) is 21.0. The maximum absolute atomic E-state index is 12.4. The molecule has 1 aliphatic heterocycles. The molecule has 0 saturated carbocycles. The summed E-state index contributed by atoms with van der Waals surface area (Å²) in [6, 6.07) is 7.58. The van der Waals surface area contributed by atoms with Gasteiger partial charge in [0.05, 0.1) is 11.4 Å². The second kappa shape index (κ2) is 6.18. The molecule has 22 heavy (non-hydrogen) atoms. The average Bonchev–Trinajstić information content (AvgIpc) is 3.17. The summed E-state index contributed by atoms with van der Waals surface area (Å²) in [7, 11) is 0. The van der Waals surface area contributed by atoms with E-state index in [4.69, 9.17) is 0 Å². The van der Waals surface area contributed by atoms with Gasteiger partial charge in [0, 0.05) is 28.9 Å². The molecule has 2 atom stereocenters. The van der Waals surface area contributed by atoms with E-state index in [0.717, 1.165) is 10.0 Å². The number of likely N-dealkylation sites (tertiary alicyclic amines) is 1. The van der Waals surface area contributed by atoms with Gasteiger partial charge in [0.2, 0.25) is 0 Å². The molecule has 2 heterocycles. The van der Waals surface area contributed by atoms with Gasteiger partial charge in [0.15, 0.2) is 0 Å². The molecule has 1 saturated heterocycles. The number of amides is 1. The van der Waals surface area contributed by atoms with Gasteiger partial charge in [0.25, 0.3) is 5.91 Å². The van der Waals surface area contributed by atoms with Crippen molar-refractivity contribution in [2.45, 2.75) is 5.92 Å². The van der Waals surface area contributed by atoms with E-state index in [9.17, 15) is 14.7 Å². The van der Waals surface area contributed by atoms with Crippen LogP contribution in [0.1, 0.15) is 22.0 Å². The highest BCUT2D eigenvalue weighted by molar-refractivity contribution is 9.10. The van der Waals surface area contributed by atoms with Crippen LogP contribution in [0.4, 0.5) is 0 Å². The van der Waals surface area contributed by atoms with Gasteiger partial charge in [0.1, 0.15) is 5.69 Å². The van der Waals surface area contributed by atoms with E-state index in [2.05, 4.69) is 20.9 Å². The molecule has 3 rings (SSSR count). The predicted molar refractivity (Wildman–Crippen MR) is 86.0 cm³/mol. The van der Waals surface area contributed by atoms with Crippen molar-refractivity contribution in [2.75, 3.05) is 13.1 Å². The minimum atomic E-state index is -0.874. The lowest BCUT2D eigenvalue weighted by Crippen LogP contribution is -2.30. The van der Waals surface area contributed by atoms with Gasteiger partial charge in [-0.15, -0.1) is 11.3 Å². The maximum Gasteiger partial charge on any atom is 0.308 e. The molecular weight excluding hydrogens is 368 g/mol. The van der Waals surface area contributed by atoms with Gasteiger partial charge in [-0.05, 0) is 17.7 Å². The number of hydrogen-bond acceptors (Lipinski definition) is 4. The Morgan fingerprint density at radius 2 is 2.00 bits per heavy atom. The number of nitrogens with zero attached hydrogens (tertiary/aromatic N) is 2. The molecule has 0 aliphatic carbocycles. The van der Waals surface area contributed by atoms with Gasteiger partial charge in [-0.2, -0.15) is 0 Å². The molecule has 114 valence electrons. The molecule has 5 nitrogen and oxygen atoms in total. The highest BCUT2D eigenvalue weighted by Gasteiger charge is 2.40. The van der Waals surface area contributed by atoms with E-state index in [0.29, 0.717) is 12.2 Å². The van der Waals surface area contributed by atoms with E-state index >= 15 is 0 Å². The molecular formula is C15H13BrN2O3S. The number of benzene rings is 1. The third-order valence-electron chi connectivity index (χ3n) is 3.87. The number of carbonyl (C=O) groups is 2. The first-order valence-electron chi connectivity index (χ1n) is 6.72. The van der Waals surface area contributed by atoms with E-state index in [1.54, 1.807) is 15.8 Å². The van der Waals surface area contributed by atoms with Crippen LogP contribution in [0.15, 0.2) is 39.6 Å². The third-order valence-corrected chi connectivity index (χ3v) is 4.99. The van der Waals surface area contributed by atoms with Crippen LogP contribution in [0, 0.1) is 5.92 Å². The zero-order valence-electron chi connectivity index (χ0n) is 11.5. The first-order valence-corrected chi connectivity index (χ1v) is 8.45. The van der Waals surface area contributed by atoms with Gasteiger partial charge < -0.3 is 10.0 Å². The Balaban J connectivity index is 1.85. The van der Waals surface area contributed by atoms with Crippen LogP contribution in [-0.2, 0) is 4.79 Å². The summed E-state index contributed by atoms with van der Waals surface area (Å²) in [5, 5.41) is 11.2. The van der Waals surface area contributed by atoms with Crippen molar-refractivity contribution in [1.82, 2.24) is 9.88 Å². The van der Waals surface area contributed by atoms with E-state index in [1.165, 1.54) is 11.3 Å².